The van der Waals surface area contributed by atoms with Crippen LogP contribution in [-0.4, -0.2) is 37.5 Å². The molecule has 1 heterocycles. The van der Waals surface area contributed by atoms with Crippen molar-refractivity contribution in [1.29, 1.82) is 0 Å². The number of aromatic hydroxyl groups is 1. The van der Waals surface area contributed by atoms with Gasteiger partial charge < -0.3 is 15.5 Å². The van der Waals surface area contributed by atoms with Crippen LogP contribution in [0.3, 0.4) is 0 Å². The first-order chi connectivity index (χ1) is 11.0. The molecule has 0 amide bonds. The number of hydrogen-bond donors (Lipinski definition) is 3. The second-order valence-electron chi connectivity index (χ2n) is 5.83. The highest BCUT2D eigenvalue weighted by Gasteiger charge is 2.24. The number of halogens is 1. The monoisotopic (exact) mass is 334 g/mol. The molecule has 1 aliphatic rings. The van der Waals surface area contributed by atoms with E-state index in [1.165, 1.54) is 6.07 Å². The lowest BCUT2D eigenvalue weighted by Gasteiger charge is -2.28. The highest BCUT2D eigenvalue weighted by Crippen LogP contribution is 2.31. The maximum atomic E-state index is 10.0. The van der Waals surface area contributed by atoms with Crippen molar-refractivity contribution in [1.82, 2.24) is 15.2 Å². The van der Waals surface area contributed by atoms with Gasteiger partial charge in [0.25, 0.3) is 0 Å². The Balaban J connectivity index is 1.83. The number of phenols is 1. The van der Waals surface area contributed by atoms with Crippen molar-refractivity contribution in [2.75, 3.05) is 5.32 Å². The zero-order valence-electron chi connectivity index (χ0n) is 12.8. The molecule has 0 bridgehead atoms. The first kappa shape index (κ1) is 16.0. The molecule has 6 nitrogen and oxygen atoms in total. The van der Waals surface area contributed by atoms with Crippen molar-refractivity contribution < 1.29 is 10.2 Å². The van der Waals surface area contributed by atoms with Crippen LogP contribution >= 0.6 is 11.6 Å². The minimum absolute atomic E-state index is 0.0418. The number of hydrogen-bond acceptors (Lipinski definition) is 6. The average molecular weight is 335 g/mol. The fraction of sp³-hybridized carbons (Fsp3) is 0.438. The Morgan fingerprint density at radius 1 is 1.22 bits per heavy atom. The first-order valence-corrected chi connectivity index (χ1v) is 8.07. The minimum atomic E-state index is -0.382. The third-order valence-corrected chi connectivity index (χ3v) is 4.36. The standard InChI is InChI=1S/C16H19ClN4O2/c1-9-15(11-7-6-10(17)8-14(11)23)20-21-16(18-9)19-12-4-2-3-5-13(12)22/h6-8,12-13,22-23H,2-5H2,1H3,(H,18,19,21)/t12-,13-/m1/s1. The highest BCUT2D eigenvalue weighted by atomic mass is 35.5. The summed E-state index contributed by atoms with van der Waals surface area (Å²) in [6, 6.07) is 4.79. The van der Waals surface area contributed by atoms with Gasteiger partial charge in [-0.15, -0.1) is 10.2 Å². The van der Waals surface area contributed by atoms with Gasteiger partial charge in [0.05, 0.1) is 17.8 Å². The van der Waals surface area contributed by atoms with E-state index in [0.29, 0.717) is 27.9 Å². The number of rotatable bonds is 3. The Bertz CT molecular complexity index is 710. The van der Waals surface area contributed by atoms with Crippen LogP contribution in [0.4, 0.5) is 5.95 Å². The van der Waals surface area contributed by atoms with E-state index in [-0.39, 0.29) is 17.9 Å². The fourth-order valence-electron chi connectivity index (χ4n) is 2.86. The molecule has 1 aromatic heterocycles. The van der Waals surface area contributed by atoms with Crippen LogP contribution in [0.25, 0.3) is 11.3 Å². The van der Waals surface area contributed by atoms with Crippen LogP contribution in [0.15, 0.2) is 18.2 Å². The van der Waals surface area contributed by atoms with E-state index in [9.17, 15) is 10.2 Å². The quantitative estimate of drug-likeness (QED) is 0.799. The van der Waals surface area contributed by atoms with Crippen molar-refractivity contribution in [2.24, 2.45) is 0 Å². The Hall–Kier alpha value is -1.92. The van der Waals surface area contributed by atoms with Crippen LogP contribution in [0.5, 0.6) is 5.75 Å². The number of nitrogens with one attached hydrogen (secondary N) is 1. The second-order valence-corrected chi connectivity index (χ2v) is 6.27. The number of phenolic OH excluding ortho intramolecular Hbond substituents is 1. The topological polar surface area (TPSA) is 91.2 Å². The van der Waals surface area contributed by atoms with Crippen molar-refractivity contribution in [2.45, 2.75) is 44.8 Å². The largest absolute Gasteiger partial charge is 0.507 e. The lowest BCUT2D eigenvalue weighted by atomic mass is 9.93. The van der Waals surface area contributed by atoms with Gasteiger partial charge in [0.2, 0.25) is 5.95 Å². The zero-order chi connectivity index (χ0) is 16.4. The maximum Gasteiger partial charge on any atom is 0.243 e. The number of anilines is 1. The Kier molecular flexibility index (Phi) is 4.63. The van der Waals surface area contributed by atoms with Crippen LogP contribution in [0.2, 0.25) is 5.02 Å². The van der Waals surface area contributed by atoms with Crippen molar-refractivity contribution in [3.05, 3.63) is 28.9 Å². The number of aliphatic hydroxyl groups is 1. The summed E-state index contributed by atoms with van der Waals surface area (Å²) in [7, 11) is 0. The van der Waals surface area contributed by atoms with Gasteiger partial charge in [-0.1, -0.05) is 24.4 Å². The number of benzene rings is 1. The molecular formula is C16H19ClN4O2. The number of nitrogens with zero attached hydrogens (tertiary/aromatic N) is 3. The molecule has 23 heavy (non-hydrogen) atoms. The van der Waals surface area contributed by atoms with Crippen LogP contribution in [-0.2, 0) is 0 Å². The summed E-state index contributed by atoms with van der Waals surface area (Å²) in [4.78, 5) is 4.40. The SMILES string of the molecule is Cc1nc(N[C@@H]2CCCC[C@H]2O)nnc1-c1ccc(Cl)cc1O. The Morgan fingerprint density at radius 3 is 2.70 bits per heavy atom. The predicted molar refractivity (Wildman–Crippen MR) is 88.6 cm³/mol. The molecule has 0 radical (unpaired) electrons. The molecule has 0 aliphatic heterocycles. The van der Waals surface area contributed by atoms with Gasteiger partial charge in [-0.3, -0.25) is 0 Å². The van der Waals surface area contributed by atoms with Gasteiger partial charge in [-0.25, -0.2) is 4.98 Å². The molecule has 0 spiro atoms. The molecule has 1 saturated carbocycles. The zero-order valence-corrected chi connectivity index (χ0v) is 13.6. The summed E-state index contributed by atoms with van der Waals surface area (Å²) >= 11 is 5.85. The van der Waals surface area contributed by atoms with E-state index in [0.717, 1.165) is 25.7 Å². The number of aliphatic hydroxyl groups excluding tert-OH is 1. The number of aryl methyl sites for hydroxylation is 1. The summed E-state index contributed by atoms with van der Waals surface area (Å²) in [6.07, 6.45) is 3.43. The van der Waals surface area contributed by atoms with Gasteiger partial charge in [0.15, 0.2) is 0 Å². The van der Waals surface area contributed by atoms with Crippen LogP contribution in [0, 0.1) is 6.92 Å². The molecular weight excluding hydrogens is 316 g/mol. The van der Waals surface area contributed by atoms with Crippen LogP contribution < -0.4 is 5.32 Å². The van der Waals surface area contributed by atoms with E-state index in [4.69, 9.17) is 11.6 Å². The van der Waals surface area contributed by atoms with Gasteiger partial charge in [0, 0.05) is 10.6 Å². The summed E-state index contributed by atoms with van der Waals surface area (Å²) in [5.74, 6) is 0.436. The smallest absolute Gasteiger partial charge is 0.243 e. The molecule has 0 saturated heterocycles. The third-order valence-electron chi connectivity index (χ3n) is 4.12. The van der Waals surface area contributed by atoms with Gasteiger partial charge in [-0.2, -0.15) is 0 Å². The average Bonchev–Trinajstić information content (AvgIpc) is 2.51. The predicted octanol–water partition coefficient (Wildman–Crippen LogP) is 2.92. The molecule has 1 fully saturated rings. The third kappa shape index (κ3) is 3.54. The van der Waals surface area contributed by atoms with E-state index in [1.54, 1.807) is 19.1 Å². The minimum Gasteiger partial charge on any atom is -0.507 e. The van der Waals surface area contributed by atoms with Crippen LogP contribution in [0.1, 0.15) is 31.4 Å². The van der Waals surface area contributed by atoms with Crippen molar-refractivity contribution >= 4 is 17.5 Å². The molecule has 1 aliphatic carbocycles. The van der Waals surface area contributed by atoms with Gasteiger partial charge >= 0.3 is 0 Å². The van der Waals surface area contributed by atoms with Crippen molar-refractivity contribution in [3.8, 4) is 17.0 Å². The molecule has 3 N–H and O–H groups in total. The molecule has 0 unspecified atom stereocenters. The maximum absolute atomic E-state index is 10.0. The van der Waals surface area contributed by atoms with Gasteiger partial charge in [-0.05, 0) is 38.0 Å². The molecule has 2 aromatic rings. The normalized spacial score (nSPS) is 21.2. The number of aromatic nitrogens is 3. The Labute approximate surface area is 139 Å². The van der Waals surface area contributed by atoms with E-state index >= 15 is 0 Å². The van der Waals surface area contributed by atoms with Gasteiger partial charge in [0.1, 0.15) is 11.4 Å². The fourth-order valence-corrected chi connectivity index (χ4v) is 3.03. The van der Waals surface area contributed by atoms with E-state index in [1.807, 2.05) is 0 Å². The summed E-state index contributed by atoms with van der Waals surface area (Å²) in [5.41, 5.74) is 1.69. The Morgan fingerprint density at radius 2 is 2.00 bits per heavy atom. The van der Waals surface area contributed by atoms with Crippen molar-refractivity contribution in [3.63, 3.8) is 0 Å². The first-order valence-electron chi connectivity index (χ1n) is 7.69. The molecule has 1 aromatic carbocycles. The summed E-state index contributed by atoms with van der Waals surface area (Å²) < 4.78 is 0. The molecule has 2 atom stereocenters. The molecule has 122 valence electrons. The second kappa shape index (κ2) is 6.68. The highest BCUT2D eigenvalue weighted by molar-refractivity contribution is 6.30. The lowest BCUT2D eigenvalue weighted by molar-refractivity contribution is 0.116. The van der Waals surface area contributed by atoms with E-state index < -0.39 is 0 Å². The molecule has 3 rings (SSSR count). The summed E-state index contributed by atoms with van der Waals surface area (Å²) in [5, 5.41) is 31.9. The lowest BCUT2D eigenvalue weighted by Crippen LogP contribution is -2.37. The van der Waals surface area contributed by atoms with E-state index in [2.05, 4.69) is 20.5 Å². The molecule has 7 heteroatoms. The summed E-state index contributed by atoms with van der Waals surface area (Å²) in [6.45, 7) is 1.81.